The zero-order chi connectivity index (χ0) is 30.0. The van der Waals surface area contributed by atoms with Gasteiger partial charge in [0.15, 0.2) is 0 Å². The first-order valence-electron chi connectivity index (χ1n) is 13.9. The number of alkyl carbamates (subject to hydrolysis) is 1. The van der Waals surface area contributed by atoms with E-state index < -0.39 is 28.5 Å². The summed E-state index contributed by atoms with van der Waals surface area (Å²) in [6, 6.07) is 37.8. The van der Waals surface area contributed by atoms with Crippen LogP contribution < -0.4 is 10.1 Å². The normalized spacial score (nSPS) is 12.3. The first-order valence-corrected chi connectivity index (χ1v) is 14.9. The molecule has 0 aliphatic carbocycles. The lowest BCUT2D eigenvalue weighted by Crippen LogP contribution is -2.44. The summed E-state index contributed by atoms with van der Waals surface area (Å²) in [5.41, 5.74) is 3.64. The summed E-state index contributed by atoms with van der Waals surface area (Å²) in [7, 11) is 0. The lowest BCUT2D eigenvalue weighted by Gasteiger charge is -2.35. The van der Waals surface area contributed by atoms with E-state index in [9.17, 15) is 14.7 Å². The van der Waals surface area contributed by atoms with Crippen LogP contribution in [0.15, 0.2) is 115 Å². The number of rotatable bonds is 12. The van der Waals surface area contributed by atoms with Crippen molar-refractivity contribution < 1.29 is 24.2 Å². The van der Waals surface area contributed by atoms with Gasteiger partial charge in [-0.25, -0.2) is 9.59 Å². The average molecular weight is 584 g/mol. The molecule has 6 nitrogen and oxygen atoms in total. The molecule has 0 saturated carbocycles. The maximum Gasteiger partial charge on any atom is 0.408 e. The molecule has 0 aliphatic heterocycles. The third kappa shape index (κ3) is 8.17. The van der Waals surface area contributed by atoms with Gasteiger partial charge in [0.05, 0.1) is 11.4 Å². The molecule has 2 N–H and O–H groups in total. The van der Waals surface area contributed by atoms with E-state index in [1.54, 1.807) is 20.8 Å². The van der Waals surface area contributed by atoms with Crippen LogP contribution in [-0.4, -0.2) is 41.2 Å². The van der Waals surface area contributed by atoms with Crippen LogP contribution in [0.3, 0.4) is 0 Å². The molecule has 0 saturated heterocycles. The van der Waals surface area contributed by atoms with Crippen LogP contribution in [0.25, 0.3) is 0 Å². The predicted molar refractivity (Wildman–Crippen MR) is 168 cm³/mol. The Morgan fingerprint density at radius 3 is 1.67 bits per heavy atom. The Balaban J connectivity index is 1.43. The van der Waals surface area contributed by atoms with E-state index in [2.05, 4.69) is 78.1 Å². The molecule has 0 bridgehead atoms. The van der Waals surface area contributed by atoms with Gasteiger partial charge in [-0.15, -0.1) is 11.8 Å². The first-order chi connectivity index (χ1) is 20.2. The number of carboxylic acid groups (broad SMARTS) is 1. The molecule has 4 aromatic rings. The molecular formula is C35H37NO5S. The molecule has 1 atom stereocenters. The molecule has 0 aromatic heterocycles. The van der Waals surface area contributed by atoms with Crippen molar-refractivity contribution in [1.82, 2.24) is 5.32 Å². The highest BCUT2D eigenvalue weighted by Crippen LogP contribution is 2.48. The third-order valence-electron chi connectivity index (χ3n) is 6.56. The van der Waals surface area contributed by atoms with Gasteiger partial charge in [-0.2, -0.15) is 0 Å². The highest BCUT2D eigenvalue weighted by Gasteiger charge is 2.36. The van der Waals surface area contributed by atoms with Crippen molar-refractivity contribution in [3.63, 3.8) is 0 Å². The van der Waals surface area contributed by atoms with Crippen molar-refractivity contribution in [3.8, 4) is 5.75 Å². The fourth-order valence-electron chi connectivity index (χ4n) is 4.73. The highest BCUT2D eigenvalue weighted by molar-refractivity contribution is 8.00. The van der Waals surface area contributed by atoms with Crippen molar-refractivity contribution in [2.45, 2.75) is 43.6 Å². The van der Waals surface area contributed by atoms with Gasteiger partial charge in [0, 0.05) is 12.2 Å². The summed E-state index contributed by atoms with van der Waals surface area (Å²) >= 11 is 1.83. The second kappa shape index (κ2) is 14.1. The zero-order valence-corrected chi connectivity index (χ0v) is 25.0. The predicted octanol–water partition coefficient (Wildman–Crippen LogP) is 7.31. The van der Waals surface area contributed by atoms with Gasteiger partial charge >= 0.3 is 12.1 Å². The largest absolute Gasteiger partial charge is 0.493 e. The maximum absolute atomic E-state index is 12.1. The summed E-state index contributed by atoms with van der Waals surface area (Å²) in [6.07, 6.45) is -0.636. The van der Waals surface area contributed by atoms with Crippen LogP contribution in [0, 0.1) is 0 Å². The number of ether oxygens (including phenoxy) is 2. The number of thioether (sulfide) groups is 1. The standard InChI is InChI=1S/C35H37NO5S/c1-34(2,3)41-33(39)36-31(32(37)38)25-26-19-21-30(22-20-26)40-23-24-42-35(27-13-7-4-8-14-27,28-15-9-5-10-16-28)29-17-11-6-12-18-29/h4-22,31H,23-25H2,1-3H3,(H,36,39)(H,37,38)/t31-/m1/s1. The van der Waals surface area contributed by atoms with Crippen LogP contribution in [-0.2, 0) is 20.7 Å². The molecule has 42 heavy (non-hydrogen) atoms. The Kier molecular flexibility index (Phi) is 10.3. The van der Waals surface area contributed by atoms with E-state index in [1.165, 1.54) is 16.7 Å². The Bertz CT molecular complexity index is 1320. The monoisotopic (exact) mass is 583 g/mol. The van der Waals surface area contributed by atoms with E-state index >= 15 is 0 Å². The number of aliphatic carboxylic acids is 1. The summed E-state index contributed by atoms with van der Waals surface area (Å²) in [4.78, 5) is 23.8. The molecule has 4 rings (SSSR count). The Labute approximate surface area is 252 Å². The number of amides is 1. The van der Waals surface area contributed by atoms with Crippen LogP contribution in [0.4, 0.5) is 4.79 Å². The zero-order valence-electron chi connectivity index (χ0n) is 24.2. The molecule has 0 fully saturated rings. The van der Waals surface area contributed by atoms with E-state index in [0.29, 0.717) is 12.4 Å². The van der Waals surface area contributed by atoms with Gasteiger partial charge in [0.25, 0.3) is 0 Å². The molecule has 0 aliphatic rings. The van der Waals surface area contributed by atoms with Crippen molar-refractivity contribution >= 4 is 23.8 Å². The maximum atomic E-state index is 12.1. The van der Waals surface area contributed by atoms with E-state index in [4.69, 9.17) is 9.47 Å². The van der Waals surface area contributed by atoms with Crippen molar-refractivity contribution in [2.24, 2.45) is 0 Å². The van der Waals surface area contributed by atoms with Gasteiger partial charge in [-0.05, 0) is 55.2 Å². The van der Waals surface area contributed by atoms with Crippen LogP contribution in [0.2, 0.25) is 0 Å². The number of hydrogen-bond donors (Lipinski definition) is 2. The van der Waals surface area contributed by atoms with Gasteiger partial charge in [-0.1, -0.05) is 103 Å². The van der Waals surface area contributed by atoms with Crippen LogP contribution in [0.1, 0.15) is 43.0 Å². The minimum absolute atomic E-state index is 0.123. The fraction of sp³-hybridized carbons (Fsp3) is 0.257. The summed E-state index contributed by atoms with van der Waals surface area (Å²) < 4.78 is 10.9. The molecule has 0 spiro atoms. The summed E-state index contributed by atoms with van der Waals surface area (Å²) in [5.74, 6) is 0.287. The molecule has 218 valence electrons. The first kappa shape index (κ1) is 30.7. The average Bonchev–Trinajstić information content (AvgIpc) is 2.98. The van der Waals surface area contributed by atoms with Crippen molar-refractivity contribution in [2.75, 3.05) is 12.4 Å². The minimum Gasteiger partial charge on any atom is -0.493 e. The number of carboxylic acids is 1. The molecular weight excluding hydrogens is 546 g/mol. The fourth-order valence-corrected chi connectivity index (χ4v) is 6.11. The Morgan fingerprint density at radius 2 is 1.24 bits per heavy atom. The van der Waals surface area contributed by atoms with Crippen LogP contribution >= 0.6 is 11.8 Å². The Hall–Kier alpha value is -4.23. The second-order valence-electron chi connectivity index (χ2n) is 10.9. The van der Waals surface area contributed by atoms with Crippen molar-refractivity contribution in [3.05, 3.63) is 138 Å². The minimum atomic E-state index is -1.13. The number of hydrogen-bond acceptors (Lipinski definition) is 5. The number of benzene rings is 4. The molecule has 7 heteroatoms. The summed E-state index contributed by atoms with van der Waals surface area (Å²) in [5, 5.41) is 12.0. The number of carbonyl (C=O) groups is 2. The SMILES string of the molecule is CC(C)(C)OC(=O)N[C@H](Cc1ccc(OCCSC(c2ccccc2)(c2ccccc2)c2ccccc2)cc1)C(=O)O. The second-order valence-corrected chi connectivity index (χ2v) is 12.2. The third-order valence-corrected chi connectivity index (χ3v) is 8.07. The summed E-state index contributed by atoms with van der Waals surface area (Å²) in [6.45, 7) is 5.66. The topological polar surface area (TPSA) is 84.9 Å². The molecule has 0 radical (unpaired) electrons. The van der Waals surface area contributed by atoms with E-state index in [0.717, 1.165) is 11.3 Å². The number of carbonyl (C=O) groups excluding carboxylic acids is 1. The molecule has 0 heterocycles. The van der Waals surface area contributed by atoms with E-state index in [-0.39, 0.29) is 6.42 Å². The molecule has 0 unspecified atom stereocenters. The quantitative estimate of drug-likeness (QED) is 0.134. The highest BCUT2D eigenvalue weighted by atomic mass is 32.2. The van der Waals surface area contributed by atoms with Crippen LogP contribution in [0.5, 0.6) is 5.75 Å². The lowest BCUT2D eigenvalue weighted by molar-refractivity contribution is -0.139. The van der Waals surface area contributed by atoms with Crippen molar-refractivity contribution in [1.29, 1.82) is 0 Å². The van der Waals surface area contributed by atoms with Gasteiger partial charge in [-0.3, -0.25) is 0 Å². The smallest absolute Gasteiger partial charge is 0.408 e. The molecule has 4 aromatic carbocycles. The molecule has 1 amide bonds. The van der Waals surface area contributed by atoms with Gasteiger partial charge in [0.1, 0.15) is 17.4 Å². The Morgan fingerprint density at radius 1 is 0.762 bits per heavy atom. The number of nitrogens with one attached hydrogen (secondary N) is 1. The van der Waals surface area contributed by atoms with E-state index in [1.807, 2.05) is 54.2 Å². The van der Waals surface area contributed by atoms with Gasteiger partial charge < -0.3 is 19.9 Å². The van der Waals surface area contributed by atoms with Gasteiger partial charge in [0.2, 0.25) is 0 Å². The lowest BCUT2D eigenvalue weighted by atomic mass is 9.84.